The van der Waals surface area contributed by atoms with E-state index in [9.17, 15) is 14.4 Å². The van der Waals surface area contributed by atoms with Gasteiger partial charge >= 0.3 is 0 Å². The third-order valence-electron chi connectivity index (χ3n) is 4.17. The van der Waals surface area contributed by atoms with Gasteiger partial charge in [-0.25, -0.2) is 14.0 Å². The molecule has 3 rings (SSSR count). The van der Waals surface area contributed by atoms with Gasteiger partial charge in [0.1, 0.15) is 17.3 Å². The molecule has 0 amide bonds. The van der Waals surface area contributed by atoms with Crippen molar-refractivity contribution in [1.82, 2.24) is 21.1 Å². The van der Waals surface area contributed by atoms with Crippen LogP contribution in [0, 0.1) is 11.7 Å². The first-order valence-corrected chi connectivity index (χ1v) is 8.87. The van der Waals surface area contributed by atoms with Crippen LogP contribution < -0.4 is 10.8 Å². The highest BCUT2D eigenvalue weighted by Crippen LogP contribution is 2.23. The van der Waals surface area contributed by atoms with E-state index in [-0.39, 0.29) is 39.8 Å². The highest BCUT2D eigenvalue weighted by molar-refractivity contribution is 9.10. The normalized spacial score (nSPS) is 15.9. The summed E-state index contributed by atoms with van der Waals surface area (Å²) in [5, 5.41) is 20.1. The largest absolute Gasteiger partial charge is 0.317 e. The van der Waals surface area contributed by atoms with Gasteiger partial charge < -0.3 is 5.32 Å². The molecule has 0 aliphatic carbocycles. The van der Waals surface area contributed by atoms with E-state index < -0.39 is 5.82 Å². The Bertz CT molecular complexity index is 820. The van der Waals surface area contributed by atoms with Gasteiger partial charge in [0.15, 0.2) is 11.5 Å². The van der Waals surface area contributed by atoms with E-state index in [4.69, 9.17) is 4.63 Å². The quantitative estimate of drug-likeness (QED) is 0.382. The number of halogens is 2. The Labute approximate surface area is 156 Å². The lowest BCUT2D eigenvalue weighted by Gasteiger charge is -2.20. The van der Waals surface area contributed by atoms with Crippen molar-refractivity contribution >= 4 is 33.2 Å². The van der Waals surface area contributed by atoms with Gasteiger partial charge in [-0.2, -0.15) is 0 Å². The molecule has 2 heterocycles. The van der Waals surface area contributed by atoms with Gasteiger partial charge in [0.25, 0.3) is 0 Å². The first-order valence-electron chi connectivity index (χ1n) is 8.07. The third kappa shape index (κ3) is 4.32. The number of piperidine rings is 1. The number of hydroxylamine groups is 1. The Morgan fingerprint density at radius 2 is 2.19 bits per heavy atom. The van der Waals surface area contributed by atoms with E-state index in [1.165, 1.54) is 18.2 Å². The number of benzene rings is 1. The first kappa shape index (κ1) is 18.6. The average Bonchev–Trinajstić information content (AvgIpc) is 3.11. The summed E-state index contributed by atoms with van der Waals surface area (Å²) in [6.45, 7) is 1.62. The molecule has 1 aromatic heterocycles. The van der Waals surface area contributed by atoms with Crippen molar-refractivity contribution < 1.29 is 19.0 Å². The minimum absolute atomic E-state index is 0.0312. The molecular formula is C16H17BrFN5O3. The minimum atomic E-state index is -0.432. The molecule has 1 fully saturated rings. The van der Waals surface area contributed by atoms with Crippen LogP contribution in [0.15, 0.2) is 32.3 Å². The summed E-state index contributed by atoms with van der Waals surface area (Å²) in [4.78, 5) is 16.6. The van der Waals surface area contributed by atoms with Crippen LogP contribution in [0.5, 0.6) is 0 Å². The zero-order valence-corrected chi connectivity index (χ0v) is 15.3. The number of aromatic nitrogens is 2. The van der Waals surface area contributed by atoms with Crippen LogP contribution in [-0.4, -0.2) is 40.2 Å². The molecule has 1 aromatic carbocycles. The van der Waals surface area contributed by atoms with E-state index in [0.717, 1.165) is 25.9 Å². The van der Waals surface area contributed by atoms with Gasteiger partial charge in [0.05, 0.1) is 16.6 Å². The van der Waals surface area contributed by atoms with Crippen molar-refractivity contribution in [2.24, 2.45) is 10.9 Å². The molecule has 26 heavy (non-hydrogen) atoms. The molecule has 1 aliphatic heterocycles. The number of carbonyl (C=O) groups is 1. The molecule has 2 aromatic rings. The Morgan fingerprint density at radius 3 is 2.88 bits per heavy atom. The molecule has 0 atom stereocenters. The second kappa shape index (κ2) is 8.47. The number of rotatable bonds is 5. The minimum Gasteiger partial charge on any atom is -0.317 e. The second-order valence-corrected chi connectivity index (χ2v) is 6.75. The van der Waals surface area contributed by atoms with Crippen molar-refractivity contribution in [2.75, 3.05) is 13.1 Å². The van der Waals surface area contributed by atoms with E-state index >= 15 is 0 Å². The molecule has 0 bridgehead atoms. The third-order valence-corrected chi connectivity index (χ3v) is 4.77. The Morgan fingerprint density at radius 1 is 1.42 bits per heavy atom. The summed E-state index contributed by atoms with van der Waals surface area (Å²) in [5.41, 5.74) is 2.73. The molecule has 0 saturated carbocycles. The lowest BCUT2D eigenvalue weighted by Crippen LogP contribution is -2.33. The number of nitrogens with zero attached hydrogens (tertiary/aromatic N) is 3. The van der Waals surface area contributed by atoms with Crippen molar-refractivity contribution in [3.63, 3.8) is 0 Å². The lowest BCUT2D eigenvalue weighted by molar-refractivity contribution is -0.123. The number of nitrogens with one attached hydrogen (secondary N) is 2. The lowest BCUT2D eigenvalue weighted by atomic mass is 9.91. The van der Waals surface area contributed by atoms with Crippen LogP contribution in [0.3, 0.4) is 0 Å². The van der Waals surface area contributed by atoms with Gasteiger partial charge in [-0.3, -0.25) is 15.5 Å². The fourth-order valence-corrected chi connectivity index (χ4v) is 3.14. The number of Topliss-reactive ketones (excluding diaryl/α,β-unsaturated/α-hetero) is 1. The predicted molar refractivity (Wildman–Crippen MR) is 93.8 cm³/mol. The summed E-state index contributed by atoms with van der Waals surface area (Å²) in [6, 6.07) is 4.12. The van der Waals surface area contributed by atoms with Crippen molar-refractivity contribution in [3.8, 4) is 0 Å². The molecule has 8 nitrogen and oxygen atoms in total. The number of carbonyl (C=O) groups excluding carboxylic acids is 1. The highest BCUT2D eigenvalue weighted by Gasteiger charge is 2.25. The number of hydrogen-bond donors (Lipinski definition) is 3. The van der Waals surface area contributed by atoms with Crippen molar-refractivity contribution in [1.29, 1.82) is 0 Å². The van der Waals surface area contributed by atoms with Crippen molar-refractivity contribution in [3.05, 3.63) is 39.9 Å². The molecular weight excluding hydrogens is 409 g/mol. The number of aliphatic imine (C=N–C) groups is 1. The summed E-state index contributed by atoms with van der Waals surface area (Å²) in [6.07, 6.45) is 1.60. The van der Waals surface area contributed by atoms with Gasteiger partial charge in [-0.1, -0.05) is 5.16 Å². The van der Waals surface area contributed by atoms with E-state index in [1.807, 2.05) is 5.48 Å². The highest BCUT2D eigenvalue weighted by atomic mass is 79.9. The zero-order chi connectivity index (χ0) is 18.5. The van der Waals surface area contributed by atoms with Gasteiger partial charge in [-0.05, 0) is 65.2 Å². The molecule has 10 heteroatoms. The zero-order valence-electron chi connectivity index (χ0n) is 13.7. The van der Waals surface area contributed by atoms with Crippen LogP contribution in [0.25, 0.3) is 0 Å². The molecule has 1 saturated heterocycles. The van der Waals surface area contributed by atoms with Gasteiger partial charge in [0.2, 0.25) is 0 Å². The number of ketones is 1. The summed E-state index contributed by atoms with van der Waals surface area (Å²) in [7, 11) is 0. The summed E-state index contributed by atoms with van der Waals surface area (Å²) < 4.78 is 18.3. The molecule has 1 aliphatic rings. The maximum atomic E-state index is 13.3. The van der Waals surface area contributed by atoms with Crippen LogP contribution in [0.2, 0.25) is 0 Å². The predicted octanol–water partition coefficient (Wildman–Crippen LogP) is 2.14. The van der Waals surface area contributed by atoms with Crippen LogP contribution in [0.4, 0.5) is 10.1 Å². The average molecular weight is 426 g/mol. The Kier molecular flexibility index (Phi) is 6.07. The Balaban J connectivity index is 1.81. The molecule has 138 valence electrons. The van der Waals surface area contributed by atoms with Crippen LogP contribution >= 0.6 is 15.9 Å². The van der Waals surface area contributed by atoms with Crippen LogP contribution in [0.1, 0.15) is 24.2 Å². The SMILES string of the molecule is O=C(Cc1nonc1C(=Nc1ccc(F)c(Br)c1)NO)C1CCNCC1. The maximum absolute atomic E-state index is 13.3. The van der Waals surface area contributed by atoms with E-state index in [0.29, 0.717) is 5.69 Å². The molecule has 3 N–H and O–H groups in total. The molecule has 0 radical (unpaired) electrons. The molecule has 0 unspecified atom stereocenters. The van der Waals surface area contributed by atoms with E-state index in [2.05, 4.69) is 36.6 Å². The maximum Gasteiger partial charge on any atom is 0.182 e. The number of amidine groups is 1. The summed E-state index contributed by atoms with van der Waals surface area (Å²) in [5.74, 6) is -0.460. The Hall–Kier alpha value is -2.17. The topological polar surface area (TPSA) is 113 Å². The fourth-order valence-electron chi connectivity index (χ4n) is 2.77. The van der Waals surface area contributed by atoms with E-state index in [1.54, 1.807) is 0 Å². The smallest absolute Gasteiger partial charge is 0.182 e. The second-order valence-electron chi connectivity index (χ2n) is 5.90. The van der Waals surface area contributed by atoms with Gasteiger partial charge in [-0.15, -0.1) is 0 Å². The number of hydrogen-bond acceptors (Lipinski definition) is 7. The first-order chi connectivity index (χ1) is 12.6. The van der Waals surface area contributed by atoms with Crippen molar-refractivity contribution in [2.45, 2.75) is 19.3 Å². The monoisotopic (exact) mass is 425 g/mol. The standard InChI is InChI=1S/C16H17BrFN5O3/c17-11-7-10(1-2-12(11)18)20-16(21-25)15-13(22-26-23-15)8-14(24)9-3-5-19-6-4-9/h1-2,7,9,19,25H,3-6,8H2,(H,20,21). The summed E-state index contributed by atoms with van der Waals surface area (Å²) >= 11 is 3.07. The van der Waals surface area contributed by atoms with Crippen LogP contribution in [-0.2, 0) is 11.2 Å². The van der Waals surface area contributed by atoms with Gasteiger partial charge in [0, 0.05) is 5.92 Å². The molecule has 0 spiro atoms. The fraction of sp³-hybridized carbons (Fsp3) is 0.375.